The molecule has 1 saturated heterocycles. The minimum Gasteiger partial charge on any atom is -0.481 e. The maximum absolute atomic E-state index is 12.3. The maximum atomic E-state index is 12.3. The van der Waals surface area contributed by atoms with Crippen molar-refractivity contribution in [2.24, 2.45) is 0 Å². The molecule has 0 saturated carbocycles. The molecule has 1 aliphatic rings. The Morgan fingerprint density at radius 3 is 2.82 bits per heavy atom. The lowest BCUT2D eigenvalue weighted by Gasteiger charge is -2.29. The van der Waals surface area contributed by atoms with Gasteiger partial charge in [0.25, 0.3) is 5.91 Å². The van der Waals surface area contributed by atoms with Crippen molar-refractivity contribution in [2.75, 3.05) is 6.54 Å². The molecule has 1 fully saturated rings. The topological polar surface area (TPSA) is 50.4 Å². The zero-order valence-corrected chi connectivity index (χ0v) is 14.1. The van der Waals surface area contributed by atoms with Crippen LogP contribution < -0.4 is 15.4 Å². The molecule has 4 nitrogen and oxygen atoms in total. The number of hydrogen-bond acceptors (Lipinski definition) is 3. The monoisotopic (exact) mass is 304 g/mol. The number of carbonyl (C=O) groups excluding carboxylic acids is 1. The van der Waals surface area contributed by atoms with Gasteiger partial charge in [-0.15, -0.1) is 0 Å². The summed E-state index contributed by atoms with van der Waals surface area (Å²) in [4.78, 5) is 12.3. The van der Waals surface area contributed by atoms with Gasteiger partial charge in [-0.25, -0.2) is 0 Å². The van der Waals surface area contributed by atoms with E-state index in [0.29, 0.717) is 12.0 Å². The van der Waals surface area contributed by atoms with Crippen molar-refractivity contribution in [1.29, 1.82) is 0 Å². The number of piperidine rings is 1. The summed E-state index contributed by atoms with van der Waals surface area (Å²) in [7, 11) is 0. The Hall–Kier alpha value is -1.55. The number of ether oxygens (including phenoxy) is 1. The Balaban J connectivity index is 1.89. The summed E-state index contributed by atoms with van der Waals surface area (Å²) in [6.45, 7) is 9.20. The number of carbonyl (C=O) groups is 1. The quantitative estimate of drug-likeness (QED) is 0.879. The van der Waals surface area contributed by atoms with Gasteiger partial charge >= 0.3 is 0 Å². The summed E-state index contributed by atoms with van der Waals surface area (Å²) >= 11 is 0. The summed E-state index contributed by atoms with van der Waals surface area (Å²) in [5.74, 6) is 1.17. The highest BCUT2D eigenvalue weighted by Gasteiger charge is 2.23. The lowest BCUT2D eigenvalue weighted by atomic mass is 10.0. The molecule has 1 aromatic rings. The van der Waals surface area contributed by atoms with Crippen molar-refractivity contribution >= 4 is 5.91 Å². The van der Waals surface area contributed by atoms with E-state index in [4.69, 9.17) is 4.74 Å². The van der Waals surface area contributed by atoms with Gasteiger partial charge in [-0.3, -0.25) is 4.79 Å². The van der Waals surface area contributed by atoms with E-state index in [2.05, 4.69) is 37.5 Å². The molecular formula is C18H28N2O2. The highest BCUT2D eigenvalue weighted by molar-refractivity contribution is 5.81. The average molecular weight is 304 g/mol. The molecule has 1 aromatic carbocycles. The van der Waals surface area contributed by atoms with Crippen molar-refractivity contribution in [2.45, 2.75) is 64.6 Å². The van der Waals surface area contributed by atoms with Gasteiger partial charge in [-0.05, 0) is 56.8 Å². The Bertz CT molecular complexity index is 502. The van der Waals surface area contributed by atoms with Crippen molar-refractivity contribution in [3.05, 3.63) is 29.8 Å². The molecule has 3 atom stereocenters. The molecule has 1 heterocycles. The van der Waals surface area contributed by atoms with Crippen LogP contribution in [0, 0.1) is 0 Å². The number of rotatable bonds is 5. The summed E-state index contributed by atoms with van der Waals surface area (Å²) in [5.41, 5.74) is 1.22. The second kappa shape index (κ2) is 7.63. The number of benzene rings is 1. The molecule has 22 heavy (non-hydrogen) atoms. The van der Waals surface area contributed by atoms with Crippen LogP contribution in [0.4, 0.5) is 0 Å². The van der Waals surface area contributed by atoms with Crippen LogP contribution in [0.5, 0.6) is 5.75 Å². The van der Waals surface area contributed by atoms with Crippen molar-refractivity contribution in [1.82, 2.24) is 10.6 Å². The number of hydrogen-bond donors (Lipinski definition) is 2. The Morgan fingerprint density at radius 2 is 2.14 bits per heavy atom. The zero-order chi connectivity index (χ0) is 16.1. The first-order valence-electron chi connectivity index (χ1n) is 8.26. The van der Waals surface area contributed by atoms with Crippen LogP contribution >= 0.6 is 0 Å². The molecule has 122 valence electrons. The largest absolute Gasteiger partial charge is 0.481 e. The summed E-state index contributed by atoms with van der Waals surface area (Å²) in [5, 5.41) is 6.49. The van der Waals surface area contributed by atoms with Crippen LogP contribution in [0.2, 0.25) is 0 Å². The van der Waals surface area contributed by atoms with E-state index in [0.717, 1.165) is 25.1 Å². The van der Waals surface area contributed by atoms with E-state index in [-0.39, 0.29) is 11.9 Å². The SMILES string of the molecule is CC1CC(NC(=O)C(C)Oc2cccc(C(C)C)c2)CCN1. The fraction of sp³-hybridized carbons (Fsp3) is 0.611. The third kappa shape index (κ3) is 4.73. The molecule has 2 rings (SSSR count). The van der Waals surface area contributed by atoms with E-state index in [1.165, 1.54) is 5.56 Å². The maximum Gasteiger partial charge on any atom is 0.260 e. The summed E-state index contributed by atoms with van der Waals surface area (Å²) < 4.78 is 5.81. The van der Waals surface area contributed by atoms with Gasteiger partial charge in [0, 0.05) is 12.1 Å². The number of nitrogens with one attached hydrogen (secondary N) is 2. The van der Waals surface area contributed by atoms with Gasteiger partial charge in [-0.1, -0.05) is 26.0 Å². The van der Waals surface area contributed by atoms with Crippen molar-refractivity contribution in [3.8, 4) is 5.75 Å². The van der Waals surface area contributed by atoms with Crippen LogP contribution in [0.15, 0.2) is 24.3 Å². The first kappa shape index (κ1) is 16.8. The molecule has 0 aromatic heterocycles. The predicted octanol–water partition coefficient (Wildman–Crippen LogP) is 2.83. The van der Waals surface area contributed by atoms with E-state index in [1.807, 2.05) is 25.1 Å². The second-order valence-electron chi connectivity index (χ2n) is 6.57. The smallest absolute Gasteiger partial charge is 0.260 e. The molecule has 0 spiro atoms. The highest BCUT2D eigenvalue weighted by Crippen LogP contribution is 2.21. The molecule has 2 N–H and O–H groups in total. The Labute approximate surface area is 133 Å². The first-order chi connectivity index (χ1) is 10.5. The van der Waals surface area contributed by atoms with Gasteiger partial charge in [0.1, 0.15) is 5.75 Å². The van der Waals surface area contributed by atoms with Crippen LogP contribution in [0.3, 0.4) is 0 Å². The predicted molar refractivity (Wildman–Crippen MR) is 89.3 cm³/mol. The van der Waals surface area contributed by atoms with Crippen LogP contribution in [-0.4, -0.2) is 30.6 Å². The van der Waals surface area contributed by atoms with Gasteiger partial charge < -0.3 is 15.4 Å². The third-order valence-electron chi connectivity index (χ3n) is 4.18. The lowest BCUT2D eigenvalue weighted by Crippen LogP contribution is -2.49. The first-order valence-corrected chi connectivity index (χ1v) is 8.26. The standard InChI is InChI=1S/C18H28N2O2/c1-12(2)15-6-5-7-17(11-15)22-14(4)18(21)20-16-8-9-19-13(3)10-16/h5-7,11-14,16,19H,8-10H2,1-4H3,(H,20,21). The third-order valence-corrected chi connectivity index (χ3v) is 4.18. The van der Waals surface area contributed by atoms with Gasteiger partial charge in [0.05, 0.1) is 0 Å². The minimum atomic E-state index is -0.479. The van der Waals surface area contributed by atoms with Crippen LogP contribution in [-0.2, 0) is 4.79 Å². The van der Waals surface area contributed by atoms with E-state index in [9.17, 15) is 4.79 Å². The normalized spacial score (nSPS) is 23.1. The van der Waals surface area contributed by atoms with Gasteiger partial charge in [0.2, 0.25) is 0 Å². The Morgan fingerprint density at radius 1 is 1.36 bits per heavy atom. The van der Waals surface area contributed by atoms with E-state index >= 15 is 0 Å². The molecule has 0 aliphatic carbocycles. The zero-order valence-electron chi connectivity index (χ0n) is 14.1. The molecule has 1 aliphatic heterocycles. The Kier molecular flexibility index (Phi) is 5.83. The molecule has 0 radical (unpaired) electrons. The fourth-order valence-electron chi connectivity index (χ4n) is 2.79. The minimum absolute atomic E-state index is 0.0333. The van der Waals surface area contributed by atoms with Crippen molar-refractivity contribution < 1.29 is 9.53 Å². The van der Waals surface area contributed by atoms with Gasteiger partial charge in [-0.2, -0.15) is 0 Å². The van der Waals surface area contributed by atoms with Crippen molar-refractivity contribution in [3.63, 3.8) is 0 Å². The fourth-order valence-corrected chi connectivity index (χ4v) is 2.79. The highest BCUT2D eigenvalue weighted by atomic mass is 16.5. The number of amides is 1. The average Bonchev–Trinajstić information content (AvgIpc) is 2.47. The summed E-state index contributed by atoms with van der Waals surface area (Å²) in [6.07, 6.45) is 1.47. The van der Waals surface area contributed by atoms with E-state index in [1.54, 1.807) is 0 Å². The molecule has 4 heteroatoms. The lowest BCUT2D eigenvalue weighted by molar-refractivity contribution is -0.128. The molecule has 1 amide bonds. The second-order valence-corrected chi connectivity index (χ2v) is 6.57. The van der Waals surface area contributed by atoms with E-state index < -0.39 is 6.10 Å². The van der Waals surface area contributed by atoms with Crippen LogP contribution in [0.1, 0.15) is 52.0 Å². The van der Waals surface area contributed by atoms with Gasteiger partial charge in [0.15, 0.2) is 6.10 Å². The summed E-state index contributed by atoms with van der Waals surface area (Å²) in [6, 6.07) is 8.68. The molecule has 0 bridgehead atoms. The van der Waals surface area contributed by atoms with Crippen LogP contribution in [0.25, 0.3) is 0 Å². The molecule has 3 unspecified atom stereocenters. The molecular weight excluding hydrogens is 276 g/mol.